The first kappa shape index (κ1) is 6.99. The first-order valence-electron chi connectivity index (χ1n) is 3.66. The maximum Gasteiger partial charge on any atom is 0.157 e. The van der Waals surface area contributed by atoms with Crippen LogP contribution in [0.2, 0.25) is 0 Å². The molecule has 0 heterocycles. The number of hydrogen-bond acceptors (Lipinski definition) is 3. The van der Waals surface area contributed by atoms with Crippen molar-refractivity contribution in [3.63, 3.8) is 0 Å². The number of phenolic OH excluding ortho intramolecular Hbond substituents is 2. The van der Waals surface area contributed by atoms with Crippen molar-refractivity contribution in [2.75, 3.05) is 0 Å². The van der Waals surface area contributed by atoms with E-state index in [0.29, 0.717) is 6.42 Å². The molecule has 2 rings (SSSR count). The number of aromatic hydroxyl groups is 2. The predicted octanol–water partition coefficient (Wildman–Crippen LogP) is 1.26. The fraction of sp³-hybridized carbons (Fsp3) is 0.222. The number of hydrogen-bond donors (Lipinski definition) is 2. The van der Waals surface area contributed by atoms with Crippen LogP contribution in [0.3, 0.4) is 0 Å². The van der Waals surface area contributed by atoms with Gasteiger partial charge in [0.2, 0.25) is 0 Å². The molecule has 3 nitrogen and oxygen atoms in total. The van der Waals surface area contributed by atoms with E-state index in [2.05, 4.69) is 6.07 Å². The van der Waals surface area contributed by atoms with Crippen LogP contribution in [-0.2, 0) is 6.42 Å². The van der Waals surface area contributed by atoms with Crippen molar-refractivity contribution in [1.29, 1.82) is 5.26 Å². The minimum absolute atomic E-state index is 0.105. The largest absolute Gasteiger partial charge is 0.504 e. The molecular formula is C9H7NO2. The lowest BCUT2D eigenvalue weighted by Gasteiger charge is -2.24. The van der Waals surface area contributed by atoms with E-state index in [1.807, 2.05) is 0 Å². The summed E-state index contributed by atoms with van der Waals surface area (Å²) < 4.78 is 0. The molecule has 0 bridgehead atoms. The van der Waals surface area contributed by atoms with E-state index in [1.165, 1.54) is 12.1 Å². The maximum absolute atomic E-state index is 9.11. The van der Waals surface area contributed by atoms with Crippen molar-refractivity contribution in [1.82, 2.24) is 0 Å². The van der Waals surface area contributed by atoms with Gasteiger partial charge in [-0.25, -0.2) is 0 Å². The molecule has 0 spiro atoms. The van der Waals surface area contributed by atoms with Crippen molar-refractivity contribution in [2.45, 2.75) is 12.3 Å². The quantitative estimate of drug-likeness (QED) is 0.563. The molecule has 0 radical (unpaired) electrons. The van der Waals surface area contributed by atoms with Crippen LogP contribution in [0.25, 0.3) is 0 Å². The molecule has 1 aliphatic carbocycles. The fourth-order valence-corrected chi connectivity index (χ4v) is 1.45. The number of rotatable bonds is 0. The molecule has 1 aromatic carbocycles. The minimum atomic E-state index is -0.145. The van der Waals surface area contributed by atoms with Gasteiger partial charge in [-0.05, 0) is 29.7 Å². The van der Waals surface area contributed by atoms with E-state index in [9.17, 15) is 0 Å². The fourth-order valence-electron chi connectivity index (χ4n) is 1.45. The molecule has 60 valence electrons. The average Bonchev–Trinajstić information content (AvgIpc) is 2.04. The molecule has 0 amide bonds. The topological polar surface area (TPSA) is 64.2 Å². The average molecular weight is 161 g/mol. The summed E-state index contributed by atoms with van der Waals surface area (Å²) in [4.78, 5) is 0. The molecule has 1 unspecified atom stereocenters. The van der Waals surface area contributed by atoms with Gasteiger partial charge in [0.1, 0.15) is 0 Å². The van der Waals surface area contributed by atoms with Gasteiger partial charge in [0, 0.05) is 0 Å². The normalized spacial score (nSPS) is 19.1. The van der Waals surface area contributed by atoms with E-state index < -0.39 is 0 Å². The molecule has 12 heavy (non-hydrogen) atoms. The van der Waals surface area contributed by atoms with Gasteiger partial charge in [0.25, 0.3) is 0 Å². The third kappa shape index (κ3) is 0.751. The molecule has 1 aromatic rings. The smallest absolute Gasteiger partial charge is 0.157 e. The minimum Gasteiger partial charge on any atom is -0.504 e. The SMILES string of the molecule is N#CC1Cc2cc(O)c(O)cc21. The van der Waals surface area contributed by atoms with E-state index in [4.69, 9.17) is 15.5 Å². The highest BCUT2D eigenvalue weighted by Gasteiger charge is 2.27. The second-order valence-corrected chi connectivity index (χ2v) is 2.93. The Kier molecular flexibility index (Phi) is 1.25. The highest BCUT2D eigenvalue weighted by Crippen LogP contribution is 2.40. The Labute approximate surface area is 69.5 Å². The summed E-state index contributed by atoms with van der Waals surface area (Å²) >= 11 is 0. The van der Waals surface area contributed by atoms with Crippen LogP contribution < -0.4 is 0 Å². The zero-order chi connectivity index (χ0) is 8.72. The van der Waals surface area contributed by atoms with Crippen LogP contribution >= 0.6 is 0 Å². The second-order valence-electron chi connectivity index (χ2n) is 2.93. The summed E-state index contributed by atoms with van der Waals surface area (Å²) in [5, 5.41) is 26.8. The lowest BCUT2D eigenvalue weighted by atomic mass is 9.78. The van der Waals surface area contributed by atoms with Crippen molar-refractivity contribution < 1.29 is 10.2 Å². The lowest BCUT2D eigenvalue weighted by Crippen LogP contribution is -2.14. The Hall–Kier alpha value is -1.69. The van der Waals surface area contributed by atoms with Gasteiger partial charge in [-0.2, -0.15) is 5.26 Å². The van der Waals surface area contributed by atoms with Gasteiger partial charge in [0.05, 0.1) is 12.0 Å². The van der Waals surface area contributed by atoms with Crippen molar-refractivity contribution in [3.8, 4) is 17.6 Å². The Morgan fingerprint density at radius 1 is 1.33 bits per heavy atom. The van der Waals surface area contributed by atoms with Gasteiger partial charge in [-0.1, -0.05) is 0 Å². The van der Waals surface area contributed by atoms with Crippen molar-refractivity contribution >= 4 is 0 Å². The van der Waals surface area contributed by atoms with Crippen molar-refractivity contribution in [3.05, 3.63) is 23.3 Å². The van der Waals surface area contributed by atoms with E-state index in [-0.39, 0.29) is 17.4 Å². The van der Waals surface area contributed by atoms with Crippen LogP contribution in [0.15, 0.2) is 12.1 Å². The number of benzene rings is 1. The van der Waals surface area contributed by atoms with Crippen LogP contribution in [0.1, 0.15) is 17.0 Å². The van der Waals surface area contributed by atoms with Gasteiger partial charge in [-0.3, -0.25) is 0 Å². The Balaban J connectivity index is 2.51. The number of fused-ring (bicyclic) bond motifs is 1. The number of phenols is 2. The molecular weight excluding hydrogens is 154 g/mol. The monoisotopic (exact) mass is 161 g/mol. The summed E-state index contributed by atoms with van der Waals surface area (Å²) in [7, 11) is 0. The molecule has 1 atom stereocenters. The highest BCUT2D eigenvalue weighted by atomic mass is 16.3. The first-order valence-corrected chi connectivity index (χ1v) is 3.66. The zero-order valence-corrected chi connectivity index (χ0v) is 6.28. The highest BCUT2D eigenvalue weighted by molar-refractivity contribution is 5.53. The van der Waals surface area contributed by atoms with Gasteiger partial charge in [-0.15, -0.1) is 0 Å². The Morgan fingerprint density at radius 3 is 2.67 bits per heavy atom. The molecule has 0 saturated heterocycles. The molecule has 0 aliphatic heterocycles. The summed E-state index contributed by atoms with van der Waals surface area (Å²) in [6, 6.07) is 5.08. The summed E-state index contributed by atoms with van der Waals surface area (Å²) in [5.41, 5.74) is 1.80. The number of nitriles is 1. The number of nitrogens with zero attached hydrogens (tertiary/aromatic N) is 1. The molecule has 0 aromatic heterocycles. The van der Waals surface area contributed by atoms with E-state index >= 15 is 0 Å². The van der Waals surface area contributed by atoms with E-state index in [1.54, 1.807) is 0 Å². The molecule has 2 N–H and O–H groups in total. The molecule has 0 saturated carbocycles. The van der Waals surface area contributed by atoms with Crippen LogP contribution in [-0.4, -0.2) is 10.2 Å². The van der Waals surface area contributed by atoms with Crippen molar-refractivity contribution in [2.24, 2.45) is 0 Å². The van der Waals surface area contributed by atoms with Gasteiger partial charge >= 0.3 is 0 Å². The molecule has 0 fully saturated rings. The third-order valence-electron chi connectivity index (χ3n) is 2.19. The summed E-state index contributed by atoms with van der Waals surface area (Å²) in [6.07, 6.45) is 0.680. The maximum atomic E-state index is 9.11. The molecule has 3 heteroatoms. The second kappa shape index (κ2) is 2.15. The summed E-state index contributed by atoms with van der Waals surface area (Å²) in [5.74, 6) is -0.356. The zero-order valence-electron chi connectivity index (χ0n) is 6.28. The summed E-state index contributed by atoms with van der Waals surface area (Å²) in [6.45, 7) is 0. The molecule has 1 aliphatic rings. The third-order valence-corrected chi connectivity index (χ3v) is 2.19. The van der Waals surface area contributed by atoms with Gasteiger partial charge < -0.3 is 10.2 Å². The standard InChI is InChI=1S/C9H7NO2/c10-4-6-1-5-2-8(11)9(12)3-7(5)6/h2-3,6,11-12H,1H2. The van der Waals surface area contributed by atoms with Crippen LogP contribution in [0.5, 0.6) is 11.5 Å². The first-order chi connectivity index (χ1) is 5.72. The lowest BCUT2D eigenvalue weighted by molar-refractivity contribution is 0.400. The van der Waals surface area contributed by atoms with Crippen LogP contribution in [0.4, 0.5) is 0 Å². The predicted molar refractivity (Wildman–Crippen MR) is 41.8 cm³/mol. The van der Waals surface area contributed by atoms with Gasteiger partial charge in [0.15, 0.2) is 11.5 Å². The Morgan fingerprint density at radius 2 is 2.00 bits per heavy atom. The van der Waals surface area contributed by atoms with E-state index in [0.717, 1.165) is 11.1 Å². The van der Waals surface area contributed by atoms with Crippen LogP contribution in [0, 0.1) is 11.3 Å². The Bertz CT molecular complexity index is 379.